The van der Waals surface area contributed by atoms with Gasteiger partial charge in [0.05, 0.1) is 5.03 Å². The summed E-state index contributed by atoms with van der Waals surface area (Å²) in [6.07, 6.45) is 7.14. The first kappa shape index (κ1) is 10.0. The maximum absolute atomic E-state index is 4.50. The van der Waals surface area contributed by atoms with Crippen LogP contribution in [0.5, 0.6) is 0 Å². The molecule has 76 valence electrons. The minimum Gasteiger partial charge on any atom is -0.250 e. The van der Waals surface area contributed by atoms with Crippen molar-refractivity contribution < 1.29 is 0 Å². The number of rotatable bonds is 2. The third kappa shape index (κ3) is 2.11. The zero-order valence-electron chi connectivity index (χ0n) is 8.92. The number of hydrogen-bond acceptors (Lipinski definition) is 2. The molecule has 0 bridgehead atoms. The van der Waals surface area contributed by atoms with Crippen LogP contribution in [0.1, 0.15) is 37.8 Å². The Labute approximate surface area is 90.3 Å². The molecule has 1 heterocycles. The second kappa shape index (κ2) is 4.35. The lowest BCUT2D eigenvalue weighted by Crippen LogP contribution is -2.06. The van der Waals surface area contributed by atoms with E-state index < -0.39 is 0 Å². The van der Waals surface area contributed by atoms with Crippen LogP contribution in [0.4, 0.5) is 0 Å². The summed E-state index contributed by atoms with van der Waals surface area (Å²) in [5.41, 5.74) is 3.06. The van der Waals surface area contributed by atoms with Crippen LogP contribution in [0.15, 0.2) is 17.3 Å². The Bertz CT molecular complexity index is 320. The van der Waals surface area contributed by atoms with Crippen LogP contribution in [0.2, 0.25) is 0 Å². The highest BCUT2D eigenvalue weighted by Crippen LogP contribution is 2.30. The molecule has 1 aromatic rings. The first-order chi connectivity index (χ1) is 6.77. The van der Waals surface area contributed by atoms with Gasteiger partial charge in [-0.3, -0.25) is 0 Å². The summed E-state index contributed by atoms with van der Waals surface area (Å²) >= 11 is 1.90. The molecule has 0 atom stereocenters. The third-order valence-corrected chi connectivity index (χ3v) is 3.63. The summed E-state index contributed by atoms with van der Waals surface area (Å²) in [6, 6.07) is 2.19. The van der Waals surface area contributed by atoms with Gasteiger partial charge in [0.1, 0.15) is 0 Å². The third-order valence-electron chi connectivity index (χ3n) is 2.58. The molecule has 1 aliphatic carbocycles. The maximum Gasteiger partial charge on any atom is 0.0997 e. The lowest BCUT2D eigenvalue weighted by atomic mass is 9.94. The van der Waals surface area contributed by atoms with E-state index in [1.165, 1.54) is 41.8 Å². The number of pyridine rings is 1. The highest BCUT2D eigenvalue weighted by Gasteiger charge is 2.14. The molecule has 0 spiro atoms. The molecule has 0 fully saturated rings. The minimum absolute atomic E-state index is 0.635. The van der Waals surface area contributed by atoms with Gasteiger partial charge in [0.25, 0.3) is 0 Å². The van der Waals surface area contributed by atoms with Crippen LogP contribution in [0.25, 0.3) is 0 Å². The molecule has 2 rings (SSSR count). The van der Waals surface area contributed by atoms with Crippen LogP contribution in [-0.2, 0) is 12.8 Å². The smallest absolute Gasteiger partial charge is 0.0997 e. The summed E-state index contributed by atoms with van der Waals surface area (Å²) in [5, 5.41) is 1.91. The lowest BCUT2D eigenvalue weighted by molar-refractivity contribution is 0.667. The van der Waals surface area contributed by atoms with Crippen molar-refractivity contribution in [3.63, 3.8) is 0 Å². The molecule has 2 heteroatoms. The van der Waals surface area contributed by atoms with E-state index in [1.54, 1.807) is 0 Å². The molecular weight excluding hydrogens is 190 g/mol. The van der Waals surface area contributed by atoms with Crippen molar-refractivity contribution >= 4 is 11.8 Å². The van der Waals surface area contributed by atoms with E-state index in [4.69, 9.17) is 0 Å². The van der Waals surface area contributed by atoms with Gasteiger partial charge in [0.15, 0.2) is 0 Å². The SMILES string of the molecule is CC(C)Sc1nccc2c1CCCC2. The van der Waals surface area contributed by atoms with Crippen molar-refractivity contribution in [3.05, 3.63) is 23.4 Å². The molecule has 0 saturated heterocycles. The van der Waals surface area contributed by atoms with E-state index in [0.29, 0.717) is 5.25 Å². The standard InChI is InChI=1S/C12H17NS/c1-9(2)14-12-11-6-4-3-5-10(11)7-8-13-12/h7-9H,3-6H2,1-2H3. The van der Waals surface area contributed by atoms with Gasteiger partial charge in [-0.25, -0.2) is 4.98 Å². The van der Waals surface area contributed by atoms with E-state index in [2.05, 4.69) is 24.9 Å². The Kier molecular flexibility index (Phi) is 3.12. The van der Waals surface area contributed by atoms with Crippen LogP contribution in [-0.4, -0.2) is 10.2 Å². The summed E-state index contributed by atoms with van der Waals surface area (Å²) < 4.78 is 0. The Balaban J connectivity index is 2.30. The highest BCUT2D eigenvalue weighted by molar-refractivity contribution is 7.99. The summed E-state index contributed by atoms with van der Waals surface area (Å²) in [5.74, 6) is 0. The van der Waals surface area contributed by atoms with E-state index in [-0.39, 0.29) is 0 Å². The zero-order chi connectivity index (χ0) is 9.97. The molecule has 0 amide bonds. The molecular formula is C12H17NS. The monoisotopic (exact) mass is 207 g/mol. The second-order valence-electron chi connectivity index (χ2n) is 4.13. The van der Waals surface area contributed by atoms with Crippen molar-refractivity contribution in [1.29, 1.82) is 0 Å². The van der Waals surface area contributed by atoms with Gasteiger partial charge < -0.3 is 0 Å². The maximum atomic E-state index is 4.50. The number of thioether (sulfide) groups is 1. The summed E-state index contributed by atoms with van der Waals surface area (Å²) in [6.45, 7) is 4.46. The predicted molar refractivity (Wildman–Crippen MR) is 61.9 cm³/mol. The fourth-order valence-electron chi connectivity index (χ4n) is 1.95. The molecule has 0 aromatic carbocycles. The molecule has 0 aliphatic heterocycles. The van der Waals surface area contributed by atoms with Gasteiger partial charge >= 0.3 is 0 Å². The van der Waals surface area contributed by atoms with Gasteiger partial charge in [0, 0.05) is 11.4 Å². The topological polar surface area (TPSA) is 12.9 Å². The van der Waals surface area contributed by atoms with E-state index in [0.717, 1.165) is 0 Å². The van der Waals surface area contributed by atoms with Crippen LogP contribution < -0.4 is 0 Å². The van der Waals surface area contributed by atoms with E-state index in [9.17, 15) is 0 Å². The van der Waals surface area contributed by atoms with Crippen molar-refractivity contribution in [3.8, 4) is 0 Å². The zero-order valence-corrected chi connectivity index (χ0v) is 9.73. The Morgan fingerprint density at radius 1 is 1.29 bits per heavy atom. The Morgan fingerprint density at radius 3 is 2.86 bits per heavy atom. The fraction of sp³-hybridized carbons (Fsp3) is 0.583. The van der Waals surface area contributed by atoms with Crippen molar-refractivity contribution in [2.45, 2.75) is 49.8 Å². The molecule has 1 aromatic heterocycles. The van der Waals surface area contributed by atoms with Gasteiger partial charge in [-0.05, 0) is 42.9 Å². The highest BCUT2D eigenvalue weighted by atomic mass is 32.2. The molecule has 0 saturated carbocycles. The lowest BCUT2D eigenvalue weighted by Gasteiger charge is -2.18. The van der Waals surface area contributed by atoms with Crippen molar-refractivity contribution in [2.24, 2.45) is 0 Å². The quantitative estimate of drug-likeness (QED) is 0.689. The van der Waals surface area contributed by atoms with Crippen LogP contribution in [0.3, 0.4) is 0 Å². The van der Waals surface area contributed by atoms with Gasteiger partial charge in [0.2, 0.25) is 0 Å². The van der Waals surface area contributed by atoms with Crippen LogP contribution >= 0.6 is 11.8 Å². The van der Waals surface area contributed by atoms with Gasteiger partial charge in [-0.15, -0.1) is 11.8 Å². The number of fused-ring (bicyclic) bond motifs is 1. The minimum atomic E-state index is 0.635. The average molecular weight is 207 g/mol. The summed E-state index contributed by atoms with van der Waals surface area (Å²) in [7, 11) is 0. The van der Waals surface area contributed by atoms with Crippen LogP contribution in [0, 0.1) is 0 Å². The Morgan fingerprint density at radius 2 is 2.07 bits per heavy atom. The first-order valence-electron chi connectivity index (χ1n) is 5.41. The Hall–Kier alpha value is -0.500. The number of aryl methyl sites for hydroxylation is 1. The number of nitrogens with zero attached hydrogens (tertiary/aromatic N) is 1. The largest absolute Gasteiger partial charge is 0.250 e. The molecule has 0 unspecified atom stereocenters. The fourth-order valence-corrected chi connectivity index (χ4v) is 2.90. The van der Waals surface area contributed by atoms with E-state index >= 15 is 0 Å². The molecule has 0 radical (unpaired) electrons. The normalized spacial score (nSPS) is 15.6. The number of aromatic nitrogens is 1. The second-order valence-corrected chi connectivity index (χ2v) is 5.69. The first-order valence-corrected chi connectivity index (χ1v) is 6.29. The molecule has 1 aliphatic rings. The van der Waals surface area contributed by atoms with Crippen molar-refractivity contribution in [1.82, 2.24) is 4.98 Å². The van der Waals surface area contributed by atoms with Crippen molar-refractivity contribution in [2.75, 3.05) is 0 Å². The average Bonchev–Trinajstić information content (AvgIpc) is 2.18. The van der Waals surface area contributed by atoms with Gasteiger partial charge in [-0.1, -0.05) is 13.8 Å². The van der Waals surface area contributed by atoms with Gasteiger partial charge in [-0.2, -0.15) is 0 Å². The predicted octanol–water partition coefficient (Wildman–Crippen LogP) is 3.46. The molecule has 1 nitrogen and oxygen atoms in total. The molecule has 0 N–H and O–H groups in total. The molecule has 14 heavy (non-hydrogen) atoms. The van der Waals surface area contributed by atoms with E-state index in [1.807, 2.05) is 18.0 Å². The summed E-state index contributed by atoms with van der Waals surface area (Å²) in [4.78, 5) is 4.50. The number of hydrogen-bond donors (Lipinski definition) is 0.